The van der Waals surface area contributed by atoms with Crippen LogP contribution in [0.3, 0.4) is 0 Å². The molecule has 124 valence electrons. The Balaban J connectivity index is 2.82. The smallest absolute Gasteiger partial charge is 0.169 e. The number of hydrogen-bond acceptors (Lipinski definition) is 0. The largest absolute Gasteiger partial charge is 0.411 e. The van der Waals surface area contributed by atoms with Crippen molar-refractivity contribution >= 4 is 0 Å². The van der Waals surface area contributed by atoms with E-state index in [9.17, 15) is 26.3 Å². The van der Waals surface area contributed by atoms with Crippen LogP contribution < -0.4 is 0 Å². The third-order valence-corrected chi connectivity index (χ3v) is 3.85. The van der Waals surface area contributed by atoms with E-state index in [1.54, 1.807) is 6.92 Å². The first-order valence-corrected chi connectivity index (χ1v) is 6.93. The number of alkyl halides is 6. The van der Waals surface area contributed by atoms with E-state index < -0.39 is 28.9 Å². The Bertz CT molecular complexity index is 624. The van der Waals surface area contributed by atoms with Crippen molar-refractivity contribution in [2.24, 2.45) is 0 Å². The molecule has 0 amide bonds. The highest BCUT2D eigenvalue weighted by Crippen LogP contribution is 2.56. The Morgan fingerprint density at radius 3 is 1.48 bits per heavy atom. The molecule has 2 aromatic rings. The fourth-order valence-corrected chi connectivity index (χ4v) is 2.66. The molecule has 6 heteroatoms. The average Bonchev–Trinajstić information content (AvgIpc) is 2.47. The first kappa shape index (κ1) is 17.4. The lowest BCUT2D eigenvalue weighted by atomic mass is 9.72. The lowest BCUT2D eigenvalue weighted by Crippen LogP contribution is -2.54. The van der Waals surface area contributed by atoms with E-state index in [-0.39, 0.29) is 0 Å². The van der Waals surface area contributed by atoms with Gasteiger partial charge in [-0.15, -0.1) is 0 Å². The molecule has 0 fully saturated rings. The minimum absolute atomic E-state index is 0.524. The summed E-state index contributed by atoms with van der Waals surface area (Å²) < 4.78 is 82.2. The van der Waals surface area contributed by atoms with Crippen LogP contribution in [-0.2, 0) is 11.8 Å². The zero-order valence-electron chi connectivity index (χ0n) is 12.2. The van der Waals surface area contributed by atoms with Crippen molar-refractivity contribution in [3.63, 3.8) is 0 Å². The standard InChI is InChI=1S/C17H14F6/c1-2-12-8-10-14(11-9-12)15(16(18,19)20,17(21,22)23)13-6-4-3-5-7-13/h3-11H,2H2,1H3. The molecule has 0 atom stereocenters. The average molecular weight is 332 g/mol. The molecule has 0 aliphatic heterocycles. The van der Waals surface area contributed by atoms with Crippen LogP contribution in [0.1, 0.15) is 23.6 Å². The Labute approximate surface area is 129 Å². The van der Waals surface area contributed by atoms with Crippen LogP contribution in [0.25, 0.3) is 0 Å². The summed E-state index contributed by atoms with van der Waals surface area (Å²) in [5.41, 5.74) is -5.06. The third kappa shape index (κ3) is 2.82. The molecule has 0 heterocycles. The van der Waals surface area contributed by atoms with Gasteiger partial charge >= 0.3 is 12.4 Å². The third-order valence-electron chi connectivity index (χ3n) is 3.85. The maximum Gasteiger partial charge on any atom is 0.411 e. The van der Waals surface area contributed by atoms with E-state index in [2.05, 4.69) is 0 Å². The molecular weight excluding hydrogens is 318 g/mol. The lowest BCUT2D eigenvalue weighted by Gasteiger charge is -2.38. The van der Waals surface area contributed by atoms with Gasteiger partial charge in [0, 0.05) is 0 Å². The maximum atomic E-state index is 13.7. The van der Waals surface area contributed by atoms with Crippen molar-refractivity contribution in [1.29, 1.82) is 0 Å². The van der Waals surface area contributed by atoms with Crippen LogP contribution in [0.2, 0.25) is 0 Å². The molecule has 0 saturated carbocycles. The van der Waals surface area contributed by atoms with Crippen LogP contribution in [0.5, 0.6) is 0 Å². The van der Waals surface area contributed by atoms with Gasteiger partial charge in [0.15, 0.2) is 0 Å². The summed E-state index contributed by atoms with van der Waals surface area (Å²) in [6.45, 7) is 1.77. The number of rotatable bonds is 3. The monoisotopic (exact) mass is 332 g/mol. The second-order valence-corrected chi connectivity index (χ2v) is 5.16. The predicted octanol–water partition coefficient (Wildman–Crippen LogP) is 5.66. The van der Waals surface area contributed by atoms with Gasteiger partial charge in [-0.1, -0.05) is 61.5 Å². The van der Waals surface area contributed by atoms with Crippen LogP contribution >= 0.6 is 0 Å². The van der Waals surface area contributed by atoms with E-state index in [1.807, 2.05) is 0 Å². The summed E-state index contributed by atoms with van der Waals surface area (Å²) in [5.74, 6) is 0. The quantitative estimate of drug-likeness (QED) is 0.636. The molecule has 2 rings (SSSR count). The summed E-state index contributed by atoms with van der Waals surface area (Å²) in [5, 5.41) is 0. The molecule has 0 saturated heterocycles. The van der Waals surface area contributed by atoms with Crippen LogP contribution in [0.15, 0.2) is 54.6 Å². The molecule has 0 bridgehead atoms. The van der Waals surface area contributed by atoms with Gasteiger partial charge in [-0.2, -0.15) is 26.3 Å². The molecule has 0 nitrogen and oxygen atoms in total. The van der Waals surface area contributed by atoms with Gasteiger partial charge in [0.05, 0.1) is 0 Å². The Morgan fingerprint density at radius 1 is 0.652 bits per heavy atom. The highest BCUT2D eigenvalue weighted by Gasteiger charge is 2.72. The molecule has 0 radical (unpaired) electrons. The SMILES string of the molecule is CCc1ccc(C(c2ccccc2)(C(F)(F)F)C(F)(F)F)cc1. The van der Waals surface area contributed by atoms with Crippen molar-refractivity contribution in [2.75, 3.05) is 0 Å². The first-order valence-electron chi connectivity index (χ1n) is 6.93. The molecular formula is C17H14F6. The second-order valence-electron chi connectivity index (χ2n) is 5.16. The van der Waals surface area contributed by atoms with Crippen LogP contribution in [0.4, 0.5) is 26.3 Å². The molecule has 0 spiro atoms. The second kappa shape index (κ2) is 5.91. The number of aryl methyl sites for hydroxylation is 1. The summed E-state index contributed by atoms with van der Waals surface area (Å²) in [6, 6.07) is 9.84. The molecule has 0 unspecified atom stereocenters. The van der Waals surface area contributed by atoms with E-state index in [0.717, 1.165) is 24.3 Å². The van der Waals surface area contributed by atoms with Gasteiger partial charge < -0.3 is 0 Å². The fourth-order valence-electron chi connectivity index (χ4n) is 2.66. The topological polar surface area (TPSA) is 0 Å². The summed E-state index contributed by atoms with van der Waals surface area (Å²) in [7, 11) is 0. The van der Waals surface area contributed by atoms with Crippen molar-refractivity contribution in [3.8, 4) is 0 Å². The number of benzene rings is 2. The van der Waals surface area contributed by atoms with Crippen LogP contribution in [-0.4, -0.2) is 12.4 Å². The summed E-state index contributed by atoms with van der Waals surface area (Å²) >= 11 is 0. The molecule has 0 aliphatic rings. The zero-order chi connectivity index (χ0) is 17.3. The molecule has 0 aromatic heterocycles. The van der Waals surface area contributed by atoms with E-state index in [0.29, 0.717) is 12.0 Å². The van der Waals surface area contributed by atoms with Crippen molar-refractivity contribution < 1.29 is 26.3 Å². The van der Waals surface area contributed by atoms with Gasteiger partial charge in [0.25, 0.3) is 0 Å². The normalized spacial score (nSPS) is 13.2. The van der Waals surface area contributed by atoms with Crippen LogP contribution in [0, 0.1) is 0 Å². The zero-order valence-corrected chi connectivity index (χ0v) is 12.2. The van der Waals surface area contributed by atoms with Crippen molar-refractivity contribution in [2.45, 2.75) is 31.1 Å². The minimum Gasteiger partial charge on any atom is -0.169 e. The molecule has 2 aromatic carbocycles. The molecule has 23 heavy (non-hydrogen) atoms. The fraction of sp³-hybridized carbons (Fsp3) is 0.294. The van der Waals surface area contributed by atoms with Crippen molar-refractivity contribution in [3.05, 3.63) is 71.3 Å². The van der Waals surface area contributed by atoms with E-state index in [4.69, 9.17) is 0 Å². The van der Waals surface area contributed by atoms with Crippen molar-refractivity contribution in [1.82, 2.24) is 0 Å². The van der Waals surface area contributed by atoms with Gasteiger partial charge in [-0.25, -0.2) is 0 Å². The maximum absolute atomic E-state index is 13.7. The highest BCUT2D eigenvalue weighted by atomic mass is 19.4. The Hall–Kier alpha value is -1.98. The summed E-state index contributed by atoms with van der Waals surface area (Å²) in [6.07, 6.45) is -10.5. The number of hydrogen-bond donors (Lipinski definition) is 0. The highest BCUT2D eigenvalue weighted by molar-refractivity contribution is 5.44. The van der Waals surface area contributed by atoms with Gasteiger partial charge in [0.2, 0.25) is 5.41 Å². The Kier molecular flexibility index (Phi) is 4.46. The van der Waals surface area contributed by atoms with E-state index in [1.165, 1.54) is 30.3 Å². The Morgan fingerprint density at radius 2 is 1.09 bits per heavy atom. The number of halogens is 6. The lowest BCUT2D eigenvalue weighted by molar-refractivity contribution is -0.288. The van der Waals surface area contributed by atoms with Gasteiger partial charge in [-0.05, 0) is 23.1 Å². The van der Waals surface area contributed by atoms with Gasteiger partial charge in [0.1, 0.15) is 0 Å². The first-order chi connectivity index (χ1) is 10.6. The minimum atomic E-state index is -5.53. The predicted molar refractivity (Wildman–Crippen MR) is 75.2 cm³/mol. The molecule has 0 N–H and O–H groups in total. The van der Waals surface area contributed by atoms with E-state index >= 15 is 0 Å². The molecule has 0 aliphatic carbocycles. The summed E-state index contributed by atoms with van der Waals surface area (Å²) in [4.78, 5) is 0. The van der Waals surface area contributed by atoms with Gasteiger partial charge in [-0.3, -0.25) is 0 Å².